The van der Waals surface area contributed by atoms with Crippen molar-refractivity contribution in [2.45, 2.75) is 32.3 Å². The minimum atomic E-state index is -0.0470. The first-order valence-corrected chi connectivity index (χ1v) is 8.27. The number of hydrogen-bond donors (Lipinski definition) is 1. The fourth-order valence-corrected chi connectivity index (χ4v) is 2.56. The Balaban J connectivity index is 1.95. The second-order valence-electron chi connectivity index (χ2n) is 5.79. The van der Waals surface area contributed by atoms with Crippen molar-refractivity contribution in [3.05, 3.63) is 65.2 Å². The summed E-state index contributed by atoms with van der Waals surface area (Å²) in [5.74, 6) is 0.903. The standard InChI is InChI=1S/C20H27NO2/c1-16-6-8-17(9-7-16)20(22-2)18-10-12-19(13-11-18)23-15-5-3-4-14-21/h6-13,20H,3-5,14-15,21H2,1-2H3. The Morgan fingerprint density at radius 2 is 1.48 bits per heavy atom. The topological polar surface area (TPSA) is 44.5 Å². The quantitative estimate of drug-likeness (QED) is 0.704. The molecule has 0 aliphatic heterocycles. The van der Waals surface area contributed by atoms with E-state index in [0.717, 1.165) is 49.3 Å². The number of hydrogen-bond acceptors (Lipinski definition) is 3. The summed E-state index contributed by atoms with van der Waals surface area (Å²) in [5, 5.41) is 0. The number of methoxy groups -OCH3 is 1. The van der Waals surface area contributed by atoms with Crippen molar-refractivity contribution in [2.24, 2.45) is 5.73 Å². The van der Waals surface area contributed by atoms with E-state index in [0.29, 0.717) is 0 Å². The van der Waals surface area contributed by atoms with Crippen LogP contribution in [0.25, 0.3) is 0 Å². The lowest BCUT2D eigenvalue weighted by Gasteiger charge is -2.17. The van der Waals surface area contributed by atoms with Crippen molar-refractivity contribution in [3.8, 4) is 5.75 Å². The van der Waals surface area contributed by atoms with Crippen LogP contribution in [0.1, 0.15) is 42.1 Å². The lowest BCUT2D eigenvalue weighted by molar-refractivity contribution is 0.136. The Morgan fingerprint density at radius 1 is 0.870 bits per heavy atom. The molecule has 0 aromatic heterocycles. The average molecular weight is 313 g/mol. The molecule has 2 N–H and O–H groups in total. The molecule has 0 saturated heterocycles. The summed E-state index contributed by atoms with van der Waals surface area (Å²) in [4.78, 5) is 0. The number of ether oxygens (including phenoxy) is 2. The Morgan fingerprint density at radius 3 is 2.04 bits per heavy atom. The summed E-state index contributed by atoms with van der Waals surface area (Å²) < 4.78 is 11.4. The molecular weight excluding hydrogens is 286 g/mol. The van der Waals surface area contributed by atoms with Crippen LogP contribution in [-0.2, 0) is 4.74 Å². The van der Waals surface area contributed by atoms with Crippen LogP contribution in [0.2, 0.25) is 0 Å². The van der Waals surface area contributed by atoms with E-state index >= 15 is 0 Å². The van der Waals surface area contributed by atoms with Crippen LogP contribution in [0, 0.1) is 6.92 Å². The Hall–Kier alpha value is -1.84. The molecular formula is C20H27NO2. The first kappa shape index (κ1) is 17.5. The van der Waals surface area contributed by atoms with Gasteiger partial charge >= 0.3 is 0 Å². The van der Waals surface area contributed by atoms with Crippen LogP contribution >= 0.6 is 0 Å². The minimum absolute atomic E-state index is 0.0470. The Bertz CT molecular complexity index is 563. The van der Waals surface area contributed by atoms with Gasteiger partial charge in [-0.3, -0.25) is 0 Å². The number of rotatable bonds is 9. The summed E-state index contributed by atoms with van der Waals surface area (Å²) in [7, 11) is 1.74. The first-order valence-electron chi connectivity index (χ1n) is 8.27. The van der Waals surface area contributed by atoms with Gasteiger partial charge in [0.15, 0.2) is 0 Å². The summed E-state index contributed by atoms with van der Waals surface area (Å²) in [6.45, 7) is 3.59. The normalized spacial score (nSPS) is 12.1. The SMILES string of the molecule is COC(c1ccc(C)cc1)c1ccc(OCCCCCN)cc1. The second-order valence-corrected chi connectivity index (χ2v) is 5.79. The summed E-state index contributed by atoms with van der Waals surface area (Å²) >= 11 is 0. The van der Waals surface area contributed by atoms with Gasteiger partial charge in [-0.2, -0.15) is 0 Å². The zero-order valence-corrected chi connectivity index (χ0v) is 14.1. The maximum Gasteiger partial charge on any atom is 0.119 e. The molecule has 0 aliphatic carbocycles. The minimum Gasteiger partial charge on any atom is -0.494 e. The third kappa shape index (κ3) is 5.38. The summed E-state index contributed by atoms with van der Waals surface area (Å²) in [6.07, 6.45) is 3.18. The van der Waals surface area contributed by atoms with Gasteiger partial charge in [0, 0.05) is 7.11 Å². The van der Waals surface area contributed by atoms with Gasteiger partial charge in [-0.1, -0.05) is 42.0 Å². The maximum absolute atomic E-state index is 5.76. The predicted octanol–water partition coefficient (Wildman–Crippen LogP) is 4.24. The van der Waals surface area contributed by atoms with Crippen LogP contribution < -0.4 is 10.5 Å². The van der Waals surface area contributed by atoms with E-state index in [9.17, 15) is 0 Å². The second kappa shape index (κ2) is 9.33. The smallest absolute Gasteiger partial charge is 0.119 e. The fraction of sp³-hybridized carbons (Fsp3) is 0.400. The summed E-state index contributed by atoms with van der Waals surface area (Å²) in [6, 6.07) is 16.6. The first-order chi connectivity index (χ1) is 11.2. The Labute approximate surface area is 139 Å². The highest BCUT2D eigenvalue weighted by Crippen LogP contribution is 2.27. The van der Waals surface area contributed by atoms with Gasteiger partial charge in [0.05, 0.1) is 6.61 Å². The molecule has 3 nitrogen and oxygen atoms in total. The van der Waals surface area contributed by atoms with Crippen LogP contribution in [0.3, 0.4) is 0 Å². The van der Waals surface area contributed by atoms with E-state index in [1.54, 1.807) is 7.11 Å². The molecule has 2 aromatic carbocycles. The van der Waals surface area contributed by atoms with Crippen LogP contribution in [0.15, 0.2) is 48.5 Å². The van der Waals surface area contributed by atoms with E-state index in [1.807, 2.05) is 12.1 Å². The number of nitrogens with two attached hydrogens (primary N) is 1. The molecule has 0 heterocycles. The van der Waals surface area contributed by atoms with Gasteiger partial charge in [0.1, 0.15) is 11.9 Å². The van der Waals surface area contributed by atoms with Crippen molar-refractivity contribution in [1.82, 2.24) is 0 Å². The van der Waals surface area contributed by atoms with Gasteiger partial charge in [0.2, 0.25) is 0 Å². The lowest BCUT2D eigenvalue weighted by Crippen LogP contribution is -2.04. The summed E-state index contributed by atoms with van der Waals surface area (Å²) in [5.41, 5.74) is 9.03. The predicted molar refractivity (Wildman–Crippen MR) is 94.9 cm³/mol. The zero-order chi connectivity index (χ0) is 16.5. The van der Waals surface area contributed by atoms with Crippen LogP contribution in [0.4, 0.5) is 0 Å². The average Bonchev–Trinajstić information content (AvgIpc) is 2.58. The third-order valence-electron chi connectivity index (χ3n) is 3.92. The fourth-order valence-electron chi connectivity index (χ4n) is 2.56. The zero-order valence-electron chi connectivity index (χ0n) is 14.1. The highest BCUT2D eigenvalue weighted by atomic mass is 16.5. The van der Waals surface area contributed by atoms with E-state index in [4.69, 9.17) is 15.2 Å². The van der Waals surface area contributed by atoms with Crippen molar-refractivity contribution >= 4 is 0 Å². The molecule has 0 amide bonds. The third-order valence-corrected chi connectivity index (χ3v) is 3.92. The molecule has 0 radical (unpaired) electrons. The molecule has 0 spiro atoms. The number of benzene rings is 2. The maximum atomic E-state index is 5.76. The highest BCUT2D eigenvalue weighted by molar-refractivity contribution is 5.35. The van der Waals surface area contributed by atoms with E-state index in [-0.39, 0.29) is 6.10 Å². The molecule has 0 aliphatic rings. The molecule has 2 rings (SSSR count). The van der Waals surface area contributed by atoms with Crippen molar-refractivity contribution < 1.29 is 9.47 Å². The van der Waals surface area contributed by atoms with Crippen molar-refractivity contribution in [1.29, 1.82) is 0 Å². The van der Waals surface area contributed by atoms with E-state index < -0.39 is 0 Å². The van der Waals surface area contributed by atoms with E-state index in [2.05, 4.69) is 43.3 Å². The van der Waals surface area contributed by atoms with Gasteiger partial charge < -0.3 is 15.2 Å². The molecule has 1 atom stereocenters. The number of aryl methyl sites for hydroxylation is 1. The molecule has 0 bridgehead atoms. The van der Waals surface area contributed by atoms with Gasteiger partial charge in [-0.25, -0.2) is 0 Å². The lowest BCUT2D eigenvalue weighted by atomic mass is 10.0. The monoisotopic (exact) mass is 313 g/mol. The Kier molecular flexibility index (Phi) is 7.11. The van der Waals surface area contributed by atoms with E-state index in [1.165, 1.54) is 5.56 Å². The molecule has 2 aromatic rings. The highest BCUT2D eigenvalue weighted by Gasteiger charge is 2.13. The molecule has 1 unspecified atom stereocenters. The van der Waals surface area contributed by atoms with Crippen LogP contribution in [-0.4, -0.2) is 20.3 Å². The van der Waals surface area contributed by atoms with Crippen LogP contribution in [0.5, 0.6) is 5.75 Å². The van der Waals surface area contributed by atoms with Crippen molar-refractivity contribution in [3.63, 3.8) is 0 Å². The van der Waals surface area contributed by atoms with Crippen molar-refractivity contribution in [2.75, 3.05) is 20.3 Å². The van der Waals surface area contributed by atoms with Gasteiger partial charge in [-0.05, 0) is 56.0 Å². The number of unbranched alkanes of at least 4 members (excludes halogenated alkanes) is 2. The molecule has 0 fully saturated rings. The largest absolute Gasteiger partial charge is 0.494 e. The molecule has 124 valence electrons. The molecule has 3 heteroatoms. The van der Waals surface area contributed by atoms with Gasteiger partial charge in [-0.15, -0.1) is 0 Å². The molecule has 23 heavy (non-hydrogen) atoms. The van der Waals surface area contributed by atoms with Gasteiger partial charge in [0.25, 0.3) is 0 Å². The molecule has 0 saturated carbocycles.